The molecule has 0 bridgehead atoms. The van der Waals surface area contributed by atoms with E-state index in [0.29, 0.717) is 0 Å². The smallest absolute Gasteiger partial charge is 0.240 e. The van der Waals surface area contributed by atoms with Crippen molar-refractivity contribution in [3.05, 3.63) is 36.0 Å². The molecule has 0 saturated carbocycles. The van der Waals surface area contributed by atoms with Gasteiger partial charge in [0.25, 0.3) is 0 Å². The Kier molecular flexibility index (Phi) is 2.58. The molecule has 4 nitrogen and oxygen atoms in total. The predicted octanol–water partition coefficient (Wildman–Crippen LogP) is 1.68. The summed E-state index contributed by atoms with van der Waals surface area (Å²) in [6, 6.07) is 8.09. The second-order valence-corrected chi connectivity index (χ2v) is 3.21. The number of anilines is 1. The molecule has 1 heterocycles. The summed E-state index contributed by atoms with van der Waals surface area (Å²) in [5, 5.41) is 7.44. The summed E-state index contributed by atoms with van der Waals surface area (Å²) in [4.78, 5) is 4.16. The maximum atomic E-state index is 5.50. The molecule has 1 aromatic carbocycles. The van der Waals surface area contributed by atoms with Crippen LogP contribution >= 0.6 is 0 Å². The Morgan fingerprint density at radius 1 is 1.27 bits per heavy atom. The van der Waals surface area contributed by atoms with Crippen LogP contribution in [0.25, 0.3) is 11.3 Å². The molecule has 1 aromatic heterocycles. The second kappa shape index (κ2) is 4.04. The fourth-order valence-corrected chi connectivity index (χ4v) is 1.53. The molecule has 0 radical (unpaired) electrons. The van der Waals surface area contributed by atoms with Crippen molar-refractivity contribution in [1.29, 1.82) is 0 Å². The normalized spacial score (nSPS) is 10.2. The summed E-state index contributed by atoms with van der Waals surface area (Å²) < 4.78 is 0. The number of nitrogen functional groups attached to an aromatic ring is 1. The van der Waals surface area contributed by atoms with Crippen LogP contribution in [0.15, 0.2) is 30.5 Å². The summed E-state index contributed by atoms with van der Waals surface area (Å²) in [6.45, 7) is 2.11. The van der Waals surface area contributed by atoms with E-state index in [1.165, 1.54) is 5.56 Å². The highest BCUT2D eigenvalue weighted by molar-refractivity contribution is 5.63. The van der Waals surface area contributed by atoms with E-state index in [9.17, 15) is 0 Å². The van der Waals surface area contributed by atoms with Gasteiger partial charge in [-0.1, -0.05) is 31.2 Å². The highest BCUT2D eigenvalue weighted by atomic mass is 15.2. The molecule has 0 aliphatic carbocycles. The molecule has 0 aliphatic rings. The molecule has 4 heteroatoms. The molecule has 0 unspecified atom stereocenters. The number of nitrogens with zero attached hydrogens (tertiary/aromatic N) is 3. The van der Waals surface area contributed by atoms with Crippen molar-refractivity contribution >= 4 is 5.95 Å². The van der Waals surface area contributed by atoms with E-state index < -0.39 is 0 Å². The molecular formula is C11H12N4. The van der Waals surface area contributed by atoms with E-state index in [1.807, 2.05) is 18.2 Å². The minimum absolute atomic E-state index is 0.207. The highest BCUT2D eigenvalue weighted by Gasteiger charge is 2.05. The van der Waals surface area contributed by atoms with E-state index in [-0.39, 0.29) is 5.95 Å². The molecule has 0 fully saturated rings. The van der Waals surface area contributed by atoms with Crippen molar-refractivity contribution < 1.29 is 0 Å². The van der Waals surface area contributed by atoms with E-state index in [1.54, 1.807) is 6.20 Å². The molecule has 0 saturated heterocycles. The molecule has 0 amide bonds. The molecule has 15 heavy (non-hydrogen) atoms. The van der Waals surface area contributed by atoms with Crippen LogP contribution in [0.4, 0.5) is 5.95 Å². The van der Waals surface area contributed by atoms with E-state index in [4.69, 9.17) is 5.73 Å². The molecule has 0 atom stereocenters. The van der Waals surface area contributed by atoms with Crippen LogP contribution in [0, 0.1) is 0 Å². The maximum absolute atomic E-state index is 5.50. The van der Waals surface area contributed by atoms with Crippen molar-refractivity contribution in [3.63, 3.8) is 0 Å². The predicted molar refractivity (Wildman–Crippen MR) is 59.1 cm³/mol. The van der Waals surface area contributed by atoms with Gasteiger partial charge in [0.1, 0.15) is 0 Å². The lowest BCUT2D eigenvalue weighted by Crippen LogP contribution is -1.99. The first kappa shape index (κ1) is 9.58. The standard InChI is InChI=1S/C11H12N4/c1-2-8-5-3-4-6-9(8)10-7-13-15-11(12)14-10/h3-7H,2H2,1H3,(H2,12,14,15). The summed E-state index contributed by atoms with van der Waals surface area (Å²) in [7, 11) is 0. The minimum atomic E-state index is 0.207. The van der Waals surface area contributed by atoms with Gasteiger partial charge >= 0.3 is 0 Å². The third-order valence-electron chi connectivity index (χ3n) is 2.25. The largest absolute Gasteiger partial charge is 0.366 e. The van der Waals surface area contributed by atoms with Crippen LogP contribution in [0.2, 0.25) is 0 Å². The SMILES string of the molecule is CCc1ccccc1-c1cnnc(N)n1. The summed E-state index contributed by atoms with van der Waals surface area (Å²) in [6.07, 6.45) is 2.59. The average Bonchev–Trinajstić information content (AvgIpc) is 2.29. The van der Waals surface area contributed by atoms with Crippen molar-refractivity contribution in [2.45, 2.75) is 13.3 Å². The van der Waals surface area contributed by atoms with Crippen molar-refractivity contribution in [2.24, 2.45) is 0 Å². The molecule has 0 spiro atoms. The van der Waals surface area contributed by atoms with Gasteiger partial charge in [-0.2, -0.15) is 5.10 Å². The molecule has 2 rings (SSSR count). The van der Waals surface area contributed by atoms with Gasteiger partial charge in [0.15, 0.2) is 0 Å². The van der Waals surface area contributed by atoms with E-state index in [2.05, 4.69) is 28.2 Å². The number of hydrogen-bond donors (Lipinski definition) is 1. The van der Waals surface area contributed by atoms with Gasteiger partial charge in [0.05, 0.1) is 11.9 Å². The van der Waals surface area contributed by atoms with Crippen LogP contribution < -0.4 is 5.73 Å². The summed E-state index contributed by atoms with van der Waals surface area (Å²) in [5.74, 6) is 0.207. The van der Waals surface area contributed by atoms with Crippen molar-refractivity contribution in [2.75, 3.05) is 5.73 Å². The van der Waals surface area contributed by atoms with Crippen molar-refractivity contribution in [1.82, 2.24) is 15.2 Å². The van der Waals surface area contributed by atoms with Gasteiger partial charge < -0.3 is 5.73 Å². The fourth-order valence-electron chi connectivity index (χ4n) is 1.53. The van der Waals surface area contributed by atoms with Gasteiger partial charge in [0, 0.05) is 5.56 Å². The lowest BCUT2D eigenvalue weighted by molar-refractivity contribution is 0.987. The topological polar surface area (TPSA) is 64.7 Å². The first-order valence-corrected chi connectivity index (χ1v) is 4.84. The van der Waals surface area contributed by atoms with Crippen LogP contribution in [0.3, 0.4) is 0 Å². The molecule has 76 valence electrons. The number of rotatable bonds is 2. The first-order chi connectivity index (χ1) is 7.31. The number of hydrogen-bond acceptors (Lipinski definition) is 4. The monoisotopic (exact) mass is 200 g/mol. The van der Waals surface area contributed by atoms with Crippen LogP contribution in [-0.2, 0) is 6.42 Å². The van der Waals surface area contributed by atoms with Crippen LogP contribution in [0.5, 0.6) is 0 Å². The lowest BCUT2D eigenvalue weighted by atomic mass is 10.0. The Bertz CT molecular complexity index is 468. The van der Waals surface area contributed by atoms with Crippen LogP contribution in [-0.4, -0.2) is 15.2 Å². The Morgan fingerprint density at radius 2 is 2.07 bits per heavy atom. The zero-order valence-corrected chi connectivity index (χ0v) is 8.51. The highest BCUT2D eigenvalue weighted by Crippen LogP contribution is 2.21. The number of benzene rings is 1. The molecular weight excluding hydrogens is 188 g/mol. The van der Waals surface area contributed by atoms with Gasteiger partial charge in [-0.05, 0) is 12.0 Å². The third kappa shape index (κ3) is 1.93. The quantitative estimate of drug-likeness (QED) is 0.801. The Hall–Kier alpha value is -1.97. The zero-order valence-electron chi connectivity index (χ0n) is 8.51. The Labute approximate surface area is 88.2 Å². The first-order valence-electron chi connectivity index (χ1n) is 4.84. The van der Waals surface area contributed by atoms with Gasteiger partial charge in [-0.3, -0.25) is 0 Å². The van der Waals surface area contributed by atoms with Crippen LogP contribution in [0.1, 0.15) is 12.5 Å². The third-order valence-corrected chi connectivity index (χ3v) is 2.25. The maximum Gasteiger partial charge on any atom is 0.240 e. The second-order valence-electron chi connectivity index (χ2n) is 3.21. The zero-order chi connectivity index (χ0) is 10.7. The minimum Gasteiger partial charge on any atom is -0.366 e. The fraction of sp³-hybridized carbons (Fsp3) is 0.182. The van der Waals surface area contributed by atoms with Gasteiger partial charge in [0.2, 0.25) is 5.95 Å². The molecule has 0 aliphatic heterocycles. The van der Waals surface area contributed by atoms with Crippen molar-refractivity contribution in [3.8, 4) is 11.3 Å². The van der Waals surface area contributed by atoms with E-state index >= 15 is 0 Å². The Morgan fingerprint density at radius 3 is 2.80 bits per heavy atom. The average molecular weight is 200 g/mol. The van der Waals surface area contributed by atoms with E-state index in [0.717, 1.165) is 17.7 Å². The number of nitrogens with two attached hydrogens (primary N) is 1. The number of aryl methyl sites for hydroxylation is 1. The molecule has 2 N–H and O–H groups in total. The molecule has 2 aromatic rings. The van der Waals surface area contributed by atoms with Gasteiger partial charge in [-0.25, -0.2) is 4.98 Å². The van der Waals surface area contributed by atoms with Gasteiger partial charge in [-0.15, -0.1) is 5.10 Å². The number of aromatic nitrogens is 3. The Balaban J connectivity index is 2.53. The summed E-state index contributed by atoms with van der Waals surface area (Å²) in [5.41, 5.74) is 8.59. The summed E-state index contributed by atoms with van der Waals surface area (Å²) >= 11 is 0. The lowest BCUT2D eigenvalue weighted by Gasteiger charge is -2.05.